The lowest BCUT2D eigenvalue weighted by Gasteiger charge is -2.25. The van der Waals surface area contributed by atoms with Gasteiger partial charge in [-0.3, -0.25) is 14.5 Å². The molecule has 0 aliphatic carbocycles. The highest BCUT2D eigenvalue weighted by Crippen LogP contribution is 2.31. The second-order valence-electron chi connectivity index (χ2n) is 5.47. The number of carbonyl (C=O) groups is 3. The summed E-state index contributed by atoms with van der Waals surface area (Å²) in [6, 6.07) is 6.26. The highest BCUT2D eigenvalue weighted by Gasteiger charge is 2.37. The van der Waals surface area contributed by atoms with Crippen molar-refractivity contribution in [3.63, 3.8) is 0 Å². The molecule has 1 saturated heterocycles. The standard InChI is InChI=1S/C16H16N2O4/c1-10-11-5-2-3-6-12(11)15(20)18(10)9-14(19)17-8-4-7-13(17)16(21)22/h2-3,5-6,13H,1,4,7-9H2,(H,21,22)/t13-/m0/s1. The van der Waals surface area contributed by atoms with E-state index in [2.05, 4.69) is 6.58 Å². The first-order valence-corrected chi connectivity index (χ1v) is 7.13. The van der Waals surface area contributed by atoms with Gasteiger partial charge in [-0.15, -0.1) is 0 Å². The van der Waals surface area contributed by atoms with E-state index in [9.17, 15) is 14.4 Å². The molecule has 2 aliphatic heterocycles. The first-order valence-electron chi connectivity index (χ1n) is 7.13. The number of benzene rings is 1. The third kappa shape index (κ3) is 2.16. The molecule has 6 heteroatoms. The van der Waals surface area contributed by atoms with E-state index < -0.39 is 12.0 Å². The molecule has 1 atom stereocenters. The molecule has 1 aromatic carbocycles. The minimum absolute atomic E-state index is 0.171. The maximum Gasteiger partial charge on any atom is 0.326 e. The van der Waals surface area contributed by atoms with Crippen molar-refractivity contribution >= 4 is 23.5 Å². The molecule has 0 bridgehead atoms. The normalized spacial score (nSPS) is 20.5. The smallest absolute Gasteiger partial charge is 0.326 e. The summed E-state index contributed by atoms with van der Waals surface area (Å²) in [5.74, 6) is -1.62. The Labute approximate surface area is 127 Å². The van der Waals surface area contributed by atoms with Crippen LogP contribution in [0.2, 0.25) is 0 Å². The predicted octanol–water partition coefficient (Wildman–Crippen LogP) is 1.19. The number of rotatable bonds is 3. The number of carboxylic acids is 1. The summed E-state index contributed by atoms with van der Waals surface area (Å²) in [6.07, 6.45) is 1.12. The van der Waals surface area contributed by atoms with Gasteiger partial charge >= 0.3 is 5.97 Å². The van der Waals surface area contributed by atoms with Crippen molar-refractivity contribution in [1.29, 1.82) is 0 Å². The van der Waals surface area contributed by atoms with E-state index in [0.29, 0.717) is 30.6 Å². The van der Waals surface area contributed by atoms with Gasteiger partial charge in [0.2, 0.25) is 5.91 Å². The zero-order valence-corrected chi connectivity index (χ0v) is 12.0. The van der Waals surface area contributed by atoms with Crippen LogP contribution >= 0.6 is 0 Å². The molecule has 22 heavy (non-hydrogen) atoms. The molecular formula is C16H16N2O4. The van der Waals surface area contributed by atoms with Crippen LogP contribution < -0.4 is 0 Å². The molecule has 114 valence electrons. The largest absolute Gasteiger partial charge is 0.480 e. The zero-order chi connectivity index (χ0) is 15.9. The molecular weight excluding hydrogens is 284 g/mol. The molecule has 2 amide bonds. The first kappa shape index (κ1) is 14.3. The molecule has 2 heterocycles. The van der Waals surface area contributed by atoms with Gasteiger partial charge in [0.05, 0.1) is 0 Å². The Morgan fingerprint density at radius 2 is 1.95 bits per heavy atom. The Kier molecular flexibility index (Phi) is 3.44. The summed E-state index contributed by atoms with van der Waals surface area (Å²) in [4.78, 5) is 38.6. The lowest BCUT2D eigenvalue weighted by Crippen LogP contribution is -2.45. The average molecular weight is 300 g/mol. The fourth-order valence-corrected chi connectivity index (χ4v) is 3.05. The molecule has 1 fully saturated rings. The van der Waals surface area contributed by atoms with Gasteiger partial charge in [0.15, 0.2) is 0 Å². The predicted molar refractivity (Wildman–Crippen MR) is 78.9 cm³/mol. The number of carboxylic acid groups (broad SMARTS) is 1. The Bertz CT molecular complexity index is 647. The van der Waals surface area contributed by atoms with Crippen LogP contribution in [-0.4, -0.2) is 51.8 Å². The quantitative estimate of drug-likeness (QED) is 0.909. The molecule has 0 aromatic heterocycles. The topological polar surface area (TPSA) is 77.9 Å². The number of carbonyl (C=O) groups excluding carboxylic acids is 2. The Morgan fingerprint density at radius 3 is 2.59 bits per heavy atom. The highest BCUT2D eigenvalue weighted by molar-refractivity contribution is 6.10. The molecule has 2 aliphatic rings. The van der Waals surface area contributed by atoms with E-state index >= 15 is 0 Å². The zero-order valence-electron chi connectivity index (χ0n) is 12.0. The number of aliphatic carboxylic acids is 1. The number of fused-ring (bicyclic) bond motifs is 1. The van der Waals surface area contributed by atoms with Crippen molar-refractivity contribution in [2.24, 2.45) is 0 Å². The van der Waals surface area contributed by atoms with Gasteiger partial charge < -0.3 is 10.0 Å². The number of nitrogens with zero attached hydrogens (tertiary/aromatic N) is 2. The van der Waals surface area contributed by atoms with Gasteiger partial charge in [0.1, 0.15) is 12.6 Å². The molecule has 0 radical (unpaired) electrons. The summed E-state index contributed by atoms with van der Waals surface area (Å²) in [6.45, 7) is 4.12. The summed E-state index contributed by atoms with van der Waals surface area (Å²) >= 11 is 0. The van der Waals surface area contributed by atoms with Crippen LogP contribution in [0.1, 0.15) is 28.8 Å². The van der Waals surface area contributed by atoms with Crippen LogP contribution in [0.3, 0.4) is 0 Å². The molecule has 3 rings (SSSR count). The van der Waals surface area contributed by atoms with Crippen LogP contribution in [0.5, 0.6) is 0 Å². The van der Waals surface area contributed by atoms with Gasteiger partial charge in [-0.2, -0.15) is 0 Å². The molecule has 0 unspecified atom stereocenters. The minimum atomic E-state index is -0.999. The first-order chi connectivity index (χ1) is 10.5. The van der Waals surface area contributed by atoms with Crippen molar-refractivity contribution in [3.05, 3.63) is 42.0 Å². The van der Waals surface area contributed by atoms with Crippen LogP contribution in [-0.2, 0) is 9.59 Å². The third-order valence-electron chi connectivity index (χ3n) is 4.19. The highest BCUT2D eigenvalue weighted by atomic mass is 16.4. The summed E-state index contributed by atoms with van der Waals surface area (Å²) in [7, 11) is 0. The average Bonchev–Trinajstić information content (AvgIpc) is 3.08. The molecule has 1 N–H and O–H groups in total. The van der Waals surface area contributed by atoms with Crippen LogP contribution in [0.25, 0.3) is 5.70 Å². The van der Waals surface area contributed by atoms with E-state index in [1.165, 1.54) is 9.80 Å². The Morgan fingerprint density at radius 1 is 1.27 bits per heavy atom. The van der Waals surface area contributed by atoms with E-state index in [-0.39, 0.29) is 18.4 Å². The number of hydrogen-bond donors (Lipinski definition) is 1. The van der Waals surface area contributed by atoms with E-state index in [1.54, 1.807) is 18.2 Å². The number of likely N-dealkylation sites (tertiary alicyclic amines) is 1. The van der Waals surface area contributed by atoms with Gasteiger partial charge in [0.25, 0.3) is 5.91 Å². The van der Waals surface area contributed by atoms with E-state index in [0.717, 1.165) is 5.56 Å². The van der Waals surface area contributed by atoms with Gasteiger partial charge in [-0.05, 0) is 18.9 Å². The number of amides is 2. The second-order valence-corrected chi connectivity index (χ2v) is 5.47. The molecule has 0 saturated carbocycles. The van der Waals surface area contributed by atoms with Crippen LogP contribution in [0.4, 0.5) is 0 Å². The Balaban J connectivity index is 1.77. The second kappa shape index (κ2) is 5.29. The van der Waals surface area contributed by atoms with E-state index in [4.69, 9.17) is 5.11 Å². The SMILES string of the molecule is C=C1c2ccccc2C(=O)N1CC(=O)N1CCC[C@H]1C(=O)O. The van der Waals surface area contributed by atoms with Crippen molar-refractivity contribution in [3.8, 4) is 0 Å². The maximum atomic E-state index is 12.4. The monoisotopic (exact) mass is 300 g/mol. The summed E-state index contributed by atoms with van der Waals surface area (Å²) < 4.78 is 0. The maximum absolute atomic E-state index is 12.4. The van der Waals surface area contributed by atoms with E-state index in [1.807, 2.05) is 6.07 Å². The lowest BCUT2D eigenvalue weighted by atomic mass is 10.1. The lowest BCUT2D eigenvalue weighted by molar-refractivity contribution is -0.148. The number of hydrogen-bond acceptors (Lipinski definition) is 3. The molecule has 6 nitrogen and oxygen atoms in total. The van der Waals surface area contributed by atoms with Crippen molar-refractivity contribution in [2.75, 3.05) is 13.1 Å². The van der Waals surface area contributed by atoms with Crippen molar-refractivity contribution < 1.29 is 19.5 Å². The molecule has 0 spiro atoms. The summed E-state index contributed by atoms with van der Waals surface area (Å²) in [5.41, 5.74) is 1.73. The van der Waals surface area contributed by atoms with Crippen LogP contribution in [0, 0.1) is 0 Å². The van der Waals surface area contributed by atoms with Crippen molar-refractivity contribution in [2.45, 2.75) is 18.9 Å². The fourth-order valence-electron chi connectivity index (χ4n) is 3.05. The van der Waals surface area contributed by atoms with Gasteiger partial charge in [-0.1, -0.05) is 24.8 Å². The minimum Gasteiger partial charge on any atom is -0.480 e. The van der Waals surface area contributed by atoms with Gasteiger partial charge in [-0.25, -0.2) is 4.79 Å². The van der Waals surface area contributed by atoms with Gasteiger partial charge in [0, 0.05) is 23.4 Å². The van der Waals surface area contributed by atoms with Crippen LogP contribution in [0.15, 0.2) is 30.8 Å². The Hall–Kier alpha value is -2.63. The summed E-state index contributed by atoms with van der Waals surface area (Å²) in [5, 5.41) is 9.15. The fraction of sp³-hybridized carbons (Fsp3) is 0.312. The van der Waals surface area contributed by atoms with Crippen molar-refractivity contribution in [1.82, 2.24) is 9.80 Å². The third-order valence-corrected chi connectivity index (χ3v) is 4.19. The molecule has 1 aromatic rings.